The Bertz CT molecular complexity index is 568. The Hall–Kier alpha value is -2.08. The van der Waals surface area contributed by atoms with Crippen LogP contribution in [0.5, 0.6) is 0 Å². The Morgan fingerprint density at radius 2 is 2.12 bits per heavy atom. The van der Waals surface area contributed by atoms with Crippen molar-refractivity contribution in [3.8, 4) is 0 Å². The van der Waals surface area contributed by atoms with Crippen molar-refractivity contribution in [1.82, 2.24) is 4.90 Å². The van der Waals surface area contributed by atoms with Crippen LogP contribution in [-0.2, 0) is 14.3 Å². The molecular formula is C18H26N2O4. The lowest BCUT2D eigenvalue weighted by molar-refractivity contribution is -0.144. The van der Waals surface area contributed by atoms with Crippen LogP contribution in [0.1, 0.15) is 30.1 Å². The third-order valence-electron chi connectivity index (χ3n) is 3.97. The summed E-state index contributed by atoms with van der Waals surface area (Å²) in [5.74, 6) is -0.574. The van der Waals surface area contributed by atoms with Crippen LogP contribution in [0.15, 0.2) is 24.3 Å². The van der Waals surface area contributed by atoms with Gasteiger partial charge in [0.1, 0.15) is 6.54 Å². The van der Waals surface area contributed by atoms with Crippen molar-refractivity contribution < 1.29 is 19.1 Å². The zero-order chi connectivity index (χ0) is 17.5. The molecule has 1 heterocycles. The fourth-order valence-corrected chi connectivity index (χ4v) is 2.72. The first-order valence-corrected chi connectivity index (χ1v) is 8.35. The number of esters is 1. The largest absolute Gasteiger partial charge is 0.465 e. The summed E-state index contributed by atoms with van der Waals surface area (Å²) >= 11 is 0. The Kier molecular flexibility index (Phi) is 6.61. The summed E-state index contributed by atoms with van der Waals surface area (Å²) in [7, 11) is 3.85. The van der Waals surface area contributed by atoms with Crippen molar-refractivity contribution in [2.24, 2.45) is 0 Å². The number of benzene rings is 1. The number of hydrogen-bond donors (Lipinski definition) is 0. The van der Waals surface area contributed by atoms with Gasteiger partial charge in [0.2, 0.25) is 0 Å². The van der Waals surface area contributed by atoms with Crippen molar-refractivity contribution in [1.29, 1.82) is 0 Å². The van der Waals surface area contributed by atoms with Crippen LogP contribution in [0.25, 0.3) is 0 Å². The molecule has 0 bridgehead atoms. The van der Waals surface area contributed by atoms with Gasteiger partial charge in [0.05, 0.1) is 12.7 Å². The predicted molar refractivity (Wildman–Crippen MR) is 92.3 cm³/mol. The van der Waals surface area contributed by atoms with E-state index >= 15 is 0 Å². The average Bonchev–Trinajstić information content (AvgIpc) is 3.07. The van der Waals surface area contributed by atoms with Gasteiger partial charge in [0.15, 0.2) is 0 Å². The number of carbonyl (C=O) groups is 2. The lowest BCUT2D eigenvalue weighted by atomic mass is 10.1. The zero-order valence-electron chi connectivity index (χ0n) is 14.7. The summed E-state index contributed by atoms with van der Waals surface area (Å²) in [6.45, 7) is 3.12. The van der Waals surface area contributed by atoms with Gasteiger partial charge in [-0.15, -0.1) is 0 Å². The highest BCUT2D eigenvalue weighted by Crippen LogP contribution is 2.18. The second kappa shape index (κ2) is 8.68. The highest BCUT2D eigenvalue weighted by Gasteiger charge is 2.25. The van der Waals surface area contributed by atoms with E-state index in [9.17, 15) is 9.59 Å². The molecule has 0 unspecified atom stereocenters. The van der Waals surface area contributed by atoms with Crippen LogP contribution in [-0.4, -0.2) is 63.3 Å². The molecule has 1 aromatic rings. The lowest BCUT2D eigenvalue weighted by Gasteiger charge is -2.25. The minimum absolute atomic E-state index is 0.0135. The smallest absolute Gasteiger partial charge is 0.325 e. The monoisotopic (exact) mass is 334 g/mol. The van der Waals surface area contributed by atoms with Crippen molar-refractivity contribution in [2.75, 3.05) is 45.3 Å². The van der Waals surface area contributed by atoms with Crippen LogP contribution in [0.2, 0.25) is 0 Å². The van der Waals surface area contributed by atoms with Crippen molar-refractivity contribution in [2.45, 2.75) is 25.9 Å². The lowest BCUT2D eigenvalue weighted by Crippen LogP contribution is -2.41. The summed E-state index contributed by atoms with van der Waals surface area (Å²) in [6.07, 6.45) is 1.88. The fourth-order valence-electron chi connectivity index (χ4n) is 2.72. The third kappa shape index (κ3) is 4.96. The zero-order valence-corrected chi connectivity index (χ0v) is 14.7. The molecule has 1 aliphatic heterocycles. The molecule has 24 heavy (non-hydrogen) atoms. The van der Waals surface area contributed by atoms with E-state index in [0.29, 0.717) is 25.3 Å². The van der Waals surface area contributed by atoms with Gasteiger partial charge in [-0.25, -0.2) is 0 Å². The van der Waals surface area contributed by atoms with Gasteiger partial charge in [-0.05, 0) is 38.0 Å². The quantitative estimate of drug-likeness (QED) is 0.713. The molecule has 1 amide bonds. The summed E-state index contributed by atoms with van der Waals surface area (Å²) in [4.78, 5) is 28.2. The third-order valence-corrected chi connectivity index (χ3v) is 3.97. The topological polar surface area (TPSA) is 59.1 Å². The van der Waals surface area contributed by atoms with Crippen LogP contribution < -0.4 is 4.90 Å². The average molecular weight is 334 g/mol. The maximum absolute atomic E-state index is 12.9. The number of hydrogen-bond acceptors (Lipinski definition) is 5. The number of anilines is 1. The Labute approximate surface area is 143 Å². The molecule has 1 saturated heterocycles. The standard InChI is InChI=1S/C18H26N2O4/c1-4-23-17(21)13-20(12-16-9-6-10-24-16)18(22)14-7-5-8-15(11-14)19(2)3/h5,7-8,11,16H,4,6,9-10,12-13H2,1-3H3/t16-/m0/s1. The van der Waals surface area contributed by atoms with Crippen LogP contribution in [0.4, 0.5) is 5.69 Å². The molecule has 0 saturated carbocycles. The van der Waals surface area contributed by atoms with Crippen molar-refractivity contribution >= 4 is 17.6 Å². The molecule has 132 valence electrons. The molecule has 0 spiro atoms. The van der Waals surface area contributed by atoms with E-state index in [1.807, 2.05) is 37.2 Å². The molecule has 1 atom stereocenters. The molecule has 1 fully saturated rings. The van der Waals surface area contributed by atoms with Crippen LogP contribution in [0, 0.1) is 0 Å². The Morgan fingerprint density at radius 1 is 1.33 bits per heavy atom. The summed E-state index contributed by atoms with van der Waals surface area (Å²) < 4.78 is 10.6. The van der Waals surface area contributed by atoms with E-state index < -0.39 is 5.97 Å². The predicted octanol–water partition coefficient (Wildman–Crippen LogP) is 1.94. The molecule has 1 aromatic carbocycles. The van der Waals surface area contributed by atoms with E-state index in [-0.39, 0.29) is 18.6 Å². The summed E-state index contributed by atoms with van der Waals surface area (Å²) in [5.41, 5.74) is 1.50. The molecule has 0 aromatic heterocycles. The maximum Gasteiger partial charge on any atom is 0.325 e. The minimum atomic E-state index is -0.396. The maximum atomic E-state index is 12.9. The number of amides is 1. The molecule has 2 rings (SSSR count). The Morgan fingerprint density at radius 3 is 2.75 bits per heavy atom. The first-order valence-electron chi connectivity index (χ1n) is 8.35. The van der Waals surface area contributed by atoms with Crippen molar-refractivity contribution in [3.63, 3.8) is 0 Å². The van der Waals surface area contributed by atoms with Gasteiger partial charge in [-0.3, -0.25) is 9.59 Å². The number of rotatable bonds is 7. The molecule has 0 N–H and O–H groups in total. The SMILES string of the molecule is CCOC(=O)CN(C[C@@H]1CCCO1)C(=O)c1cccc(N(C)C)c1. The number of nitrogens with zero attached hydrogens (tertiary/aromatic N) is 2. The molecule has 1 aliphatic rings. The fraction of sp³-hybridized carbons (Fsp3) is 0.556. The normalized spacial score (nSPS) is 16.7. The van der Waals surface area contributed by atoms with Gasteiger partial charge >= 0.3 is 5.97 Å². The van der Waals surface area contributed by atoms with Crippen LogP contribution in [0.3, 0.4) is 0 Å². The van der Waals surface area contributed by atoms with Gasteiger partial charge in [0.25, 0.3) is 5.91 Å². The first kappa shape index (κ1) is 18.3. The number of carbonyl (C=O) groups excluding carboxylic acids is 2. The first-order chi connectivity index (χ1) is 11.5. The second-order valence-electron chi connectivity index (χ2n) is 6.07. The highest BCUT2D eigenvalue weighted by atomic mass is 16.5. The highest BCUT2D eigenvalue weighted by molar-refractivity contribution is 5.96. The van der Waals surface area contributed by atoms with Crippen LogP contribution >= 0.6 is 0 Å². The van der Waals surface area contributed by atoms with E-state index in [1.165, 1.54) is 4.90 Å². The van der Waals surface area contributed by atoms with E-state index in [4.69, 9.17) is 9.47 Å². The van der Waals surface area contributed by atoms with Gasteiger partial charge < -0.3 is 19.3 Å². The van der Waals surface area contributed by atoms with Gasteiger partial charge in [-0.1, -0.05) is 6.07 Å². The molecule has 0 radical (unpaired) electrons. The summed E-state index contributed by atoms with van der Waals surface area (Å²) in [6, 6.07) is 7.38. The molecule has 6 nitrogen and oxygen atoms in total. The van der Waals surface area contributed by atoms with Gasteiger partial charge in [0, 0.05) is 38.5 Å². The Balaban J connectivity index is 2.15. The molecule has 0 aliphatic carbocycles. The van der Waals surface area contributed by atoms with Crippen molar-refractivity contribution in [3.05, 3.63) is 29.8 Å². The number of ether oxygens (including phenoxy) is 2. The molecule has 6 heteroatoms. The second-order valence-corrected chi connectivity index (χ2v) is 6.07. The van der Waals surface area contributed by atoms with Gasteiger partial charge in [-0.2, -0.15) is 0 Å². The summed E-state index contributed by atoms with van der Waals surface area (Å²) in [5, 5.41) is 0. The van der Waals surface area contributed by atoms with E-state index in [2.05, 4.69) is 0 Å². The minimum Gasteiger partial charge on any atom is -0.465 e. The van der Waals surface area contributed by atoms with E-state index in [1.54, 1.807) is 13.0 Å². The van der Waals surface area contributed by atoms with E-state index in [0.717, 1.165) is 18.5 Å². The molecular weight excluding hydrogens is 308 g/mol.